The van der Waals surface area contributed by atoms with Gasteiger partial charge in [0.05, 0.1) is 17.1 Å². The van der Waals surface area contributed by atoms with Crippen LogP contribution in [0.2, 0.25) is 5.02 Å². The van der Waals surface area contributed by atoms with E-state index in [1.165, 1.54) is 19.3 Å². The second-order valence-corrected chi connectivity index (χ2v) is 7.84. The average Bonchev–Trinajstić information content (AvgIpc) is 3.03. The third-order valence-electron chi connectivity index (χ3n) is 5.73. The molecular formula is C19H24ClN3O3. The predicted octanol–water partition coefficient (Wildman–Crippen LogP) is 3.04. The fourth-order valence-electron chi connectivity index (χ4n) is 4.09. The van der Waals surface area contributed by atoms with Crippen LogP contribution in [-0.2, 0) is 4.74 Å². The smallest absolute Gasteiger partial charge is 0.407 e. The fourth-order valence-corrected chi connectivity index (χ4v) is 4.29. The van der Waals surface area contributed by atoms with Crippen LogP contribution in [0.1, 0.15) is 42.5 Å². The number of carbonyl (C=O) groups excluding carboxylic acids is 2. The summed E-state index contributed by atoms with van der Waals surface area (Å²) in [5.41, 5.74) is 1.18. The number of anilines is 1. The van der Waals surface area contributed by atoms with Gasteiger partial charge in [-0.3, -0.25) is 4.79 Å². The maximum atomic E-state index is 13.0. The normalized spacial score (nSPS) is 22.3. The summed E-state index contributed by atoms with van der Waals surface area (Å²) in [6.45, 7) is 3.72. The lowest BCUT2D eigenvalue weighted by Crippen LogP contribution is -2.48. The van der Waals surface area contributed by atoms with Gasteiger partial charge in [0.1, 0.15) is 5.60 Å². The van der Waals surface area contributed by atoms with E-state index in [0.29, 0.717) is 43.1 Å². The van der Waals surface area contributed by atoms with Crippen molar-refractivity contribution >= 4 is 29.3 Å². The van der Waals surface area contributed by atoms with Crippen LogP contribution in [0.25, 0.3) is 0 Å². The van der Waals surface area contributed by atoms with E-state index in [2.05, 4.69) is 10.2 Å². The number of ether oxygens (including phenoxy) is 1. The Labute approximate surface area is 158 Å². The minimum atomic E-state index is -0.451. The van der Waals surface area contributed by atoms with Crippen molar-refractivity contribution in [2.24, 2.45) is 0 Å². The molecule has 1 N–H and O–H groups in total. The Morgan fingerprint density at radius 3 is 2.50 bits per heavy atom. The van der Waals surface area contributed by atoms with Gasteiger partial charge in [0.2, 0.25) is 0 Å². The van der Waals surface area contributed by atoms with Crippen LogP contribution in [-0.4, -0.2) is 55.2 Å². The fraction of sp³-hybridized carbons (Fsp3) is 0.579. The van der Waals surface area contributed by atoms with E-state index in [-0.39, 0.29) is 12.0 Å². The van der Waals surface area contributed by atoms with E-state index in [1.54, 1.807) is 0 Å². The highest BCUT2D eigenvalue weighted by atomic mass is 35.5. The van der Waals surface area contributed by atoms with Crippen LogP contribution >= 0.6 is 11.6 Å². The molecule has 0 saturated carbocycles. The summed E-state index contributed by atoms with van der Waals surface area (Å²) in [7, 11) is 0. The SMILES string of the molecule is O=C1NCC2(CCN(C(=O)c3cc(N4CCCCC4)ccc3Cl)CC2)O1. The molecule has 26 heavy (non-hydrogen) atoms. The number of nitrogens with one attached hydrogen (secondary N) is 1. The quantitative estimate of drug-likeness (QED) is 0.860. The van der Waals surface area contributed by atoms with Crippen molar-refractivity contribution < 1.29 is 14.3 Å². The van der Waals surface area contributed by atoms with Crippen LogP contribution in [0.4, 0.5) is 10.5 Å². The lowest BCUT2D eigenvalue weighted by Gasteiger charge is -2.37. The van der Waals surface area contributed by atoms with Gasteiger partial charge in [0.25, 0.3) is 5.91 Å². The average molecular weight is 378 g/mol. The molecule has 3 aliphatic rings. The topological polar surface area (TPSA) is 61.9 Å². The largest absolute Gasteiger partial charge is 0.441 e. The van der Waals surface area contributed by atoms with Crippen LogP contribution < -0.4 is 10.2 Å². The van der Waals surface area contributed by atoms with Crippen LogP contribution in [0.3, 0.4) is 0 Å². The minimum absolute atomic E-state index is 0.0407. The van der Waals surface area contributed by atoms with E-state index < -0.39 is 5.60 Å². The molecule has 0 unspecified atom stereocenters. The molecule has 3 heterocycles. The van der Waals surface area contributed by atoms with E-state index in [9.17, 15) is 9.59 Å². The molecule has 3 saturated heterocycles. The summed E-state index contributed by atoms with van der Waals surface area (Å²) in [6.07, 6.45) is 4.59. The van der Waals surface area contributed by atoms with Crippen molar-refractivity contribution in [1.29, 1.82) is 0 Å². The van der Waals surface area contributed by atoms with Crippen LogP contribution in [0, 0.1) is 0 Å². The zero-order valence-corrected chi connectivity index (χ0v) is 15.6. The van der Waals surface area contributed by atoms with Gasteiger partial charge >= 0.3 is 6.09 Å². The number of benzene rings is 1. The predicted molar refractivity (Wildman–Crippen MR) is 99.9 cm³/mol. The molecule has 140 valence electrons. The Hall–Kier alpha value is -1.95. The molecule has 0 radical (unpaired) electrons. The highest BCUT2D eigenvalue weighted by Gasteiger charge is 2.43. The molecule has 1 aromatic carbocycles. The highest BCUT2D eigenvalue weighted by molar-refractivity contribution is 6.34. The van der Waals surface area contributed by atoms with Gasteiger partial charge in [-0.1, -0.05) is 11.6 Å². The molecule has 1 aromatic rings. The maximum absolute atomic E-state index is 13.0. The molecule has 0 aliphatic carbocycles. The molecule has 2 amide bonds. The van der Waals surface area contributed by atoms with Crippen molar-refractivity contribution in [2.75, 3.05) is 37.6 Å². The Morgan fingerprint density at radius 1 is 1.12 bits per heavy atom. The second-order valence-electron chi connectivity index (χ2n) is 7.43. The molecule has 3 aliphatic heterocycles. The first-order valence-corrected chi connectivity index (χ1v) is 9.75. The van der Waals surface area contributed by atoms with Crippen LogP contribution in [0.5, 0.6) is 0 Å². The number of halogens is 1. The molecule has 6 nitrogen and oxygen atoms in total. The zero-order chi connectivity index (χ0) is 18.1. The molecule has 0 atom stereocenters. The summed E-state index contributed by atoms with van der Waals surface area (Å²) in [5.74, 6) is -0.0407. The number of hydrogen-bond donors (Lipinski definition) is 1. The third kappa shape index (κ3) is 3.34. The van der Waals surface area contributed by atoms with Crippen LogP contribution in [0.15, 0.2) is 18.2 Å². The van der Waals surface area contributed by atoms with Gasteiger partial charge in [-0.05, 0) is 37.5 Å². The first-order chi connectivity index (χ1) is 12.6. The Kier molecular flexibility index (Phi) is 4.69. The zero-order valence-electron chi connectivity index (χ0n) is 14.8. The lowest BCUT2D eigenvalue weighted by atomic mass is 9.91. The summed E-state index contributed by atoms with van der Waals surface area (Å²) >= 11 is 6.34. The Balaban J connectivity index is 1.47. The first-order valence-electron chi connectivity index (χ1n) is 9.37. The molecule has 0 aromatic heterocycles. The van der Waals surface area contributed by atoms with Gasteiger partial charge < -0.3 is 19.9 Å². The molecule has 0 bridgehead atoms. The minimum Gasteiger partial charge on any atom is -0.441 e. The first kappa shape index (κ1) is 17.5. The van der Waals surface area contributed by atoms with E-state index in [1.807, 2.05) is 23.1 Å². The number of carbonyl (C=O) groups is 2. The molecule has 3 fully saturated rings. The molecule has 7 heteroatoms. The summed E-state index contributed by atoms with van der Waals surface area (Å²) in [4.78, 5) is 28.5. The van der Waals surface area contributed by atoms with E-state index >= 15 is 0 Å². The van der Waals surface area contributed by atoms with Gasteiger partial charge in [-0.15, -0.1) is 0 Å². The Morgan fingerprint density at radius 2 is 1.85 bits per heavy atom. The Bertz CT molecular complexity index is 710. The van der Waals surface area contributed by atoms with Gasteiger partial charge in [-0.2, -0.15) is 0 Å². The van der Waals surface area contributed by atoms with Crippen molar-refractivity contribution in [3.8, 4) is 0 Å². The monoisotopic (exact) mass is 377 g/mol. The highest BCUT2D eigenvalue weighted by Crippen LogP contribution is 2.32. The van der Waals surface area contributed by atoms with Crippen molar-refractivity contribution in [3.05, 3.63) is 28.8 Å². The third-order valence-corrected chi connectivity index (χ3v) is 6.06. The molecular weight excluding hydrogens is 354 g/mol. The van der Waals surface area contributed by atoms with Gasteiger partial charge in [0, 0.05) is 44.7 Å². The number of piperidine rings is 2. The maximum Gasteiger partial charge on any atom is 0.407 e. The lowest BCUT2D eigenvalue weighted by molar-refractivity contribution is 0.00332. The summed E-state index contributed by atoms with van der Waals surface area (Å²) in [5, 5.41) is 3.21. The van der Waals surface area contributed by atoms with Gasteiger partial charge in [0.15, 0.2) is 0 Å². The number of hydrogen-bond acceptors (Lipinski definition) is 4. The van der Waals surface area contributed by atoms with Crippen molar-refractivity contribution in [3.63, 3.8) is 0 Å². The molecule has 1 spiro atoms. The summed E-state index contributed by atoms with van der Waals surface area (Å²) < 4.78 is 5.42. The van der Waals surface area contributed by atoms with E-state index in [0.717, 1.165) is 18.8 Å². The number of amides is 2. The number of likely N-dealkylation sites (tertiary alicyclic amines) is 1. The van der Waals surface area contributed by atoms with Crippen molar-refractivity contribution in [2.45, 2.75) is 37.7 Å². The number of nitrogens with zero attached hydrogens (tertiary/aromatic N) is 2. The van der Waals surface area contributed by atoms with E-state index in [4.69, 9.17) is 16.3 Å². The number of rotatable bonds is 2. The number of alkyl carbamates (subject to hydrolysis) is 1. The van der Waals surface area contributed by atoms with Crippen molar-refractivity contribution in [1.82, 2.24) is 10.2 Å². The standard InChI is InChI=1S/C19H24ClN3O3/c20-16-5-4-14(22-8-2-1-3-9-22)12-15(16)17(24)23-10-6-19(7-11-23)13-21-18(25)26-19/h4-5,12H,1-3,6-11,13H2,(H,21,25). The molecule has 4 rings (SSSR count). The van der Waals surface area contributed by atoms with Gasteiger partial charge in [-0.25, -0.2) is 4.79 Å². The summed E-state index contributed by atoms with van der Waals surface area (Å²) in [6, 6.07) is 5.75. The second kappa shape index (κ2) is 6.99.